The monoisotopic (exact) mass is 495 g/mol. The first kappa shape index (κ1) is 24.9. The third-order valence-electron chi connectivity index (χ3n) is 6.37. The van der Waals surface area contributed by atoms with Gasteiger partial charge in [0.1, 0.15) is 5.82 Å². The summed E-state index contributed by atoms with van der Waals surface area (Å²) in [5.41, 5.74) is 4.89. The van der Waals surface area contributed by atoms with Crippen LogP contribution in [0.2, 0.25) is 0 Å². The Kier molecular flexibility index (Phi) is 7.23. The molecular weight excluding hydrogens is 465 g/mol. The summed E-state index contributed by atoms with van der Waals surface area (Å²) in [5, 5.41) is 3.03. The second kappa shape index (κ2) is 10.2. The summed E-state index contributed by atoms with van der Waals surface area (Å²) in [7, 11) is -1.14. The Hall–Kier alpha value is -3.23. The molecule has 6 nitrogen and oxygen atoms in total. The molecule has 4 rings (SSSR count). The third kappa shape index (κ3) is 5.39. The van der Waals surface area contributed by atoms with Crippen molar-refractivity contribution in [2.75, 3.05) is 18.4 Å². The van der Waals surface area contributed by atoms with E-state index >= 15 is 0 Å². The van der Waals surface area contributed by atoms with Gasteiger partial charge in [-0.1, -0.05) is 42.5 Å². The summed E-state index contributed by atoms with van der Waals surface area (Å²) in [4.78, 5) is 12.8. The van der Waals surface area contributed by atoms with E-state index in [0.29, 0.717) is 11.1 Å². The molecule has 1 atom stereocenters. The molecular formula is C27H30FN3O3S. The lowest BCUT2D eigenvalue weighted by Gasteiger charge is -2.27. The molecule has 0 unspecified atom stereocenters. The molecule has 0 heterocycles. The molecule has 184 valence electrons. The first-order valence-corrected chi connectivity index (χ1v) is 13.0. The lowest BCUT2D eigenvalue weighted by Crippen LogP contribution is -2.40. The molecule has 1 N–H and O–H groups in total. The number of hydrogen-bond donors (Lipinski definition) is 1. The van der Waals surface area contributed by atoms with E-state index in [9.17, 15) is 17.6 Å². The van der Waals surface area contributed by atoms with E-state index in [-0.39, 0.29) is 24.2 Å². The Morgan fingerprint density at radius 3 is 2.37 bits per heavy atom. The van der Waals surface area contributed by atoms with E-state index in [2.05, 4.69) is 23.5 Å². The van der Waals surface area contributed by atoms with Gasteiger partial charge in [0.15, 0.2) is 0 Å². The Bertz CT molecular complexity index is 1320. The highest BCUT2D eigenvalue weighted by Crippen LogP contribution is 2.27. The van der Waals surface area contributed by atoms with Crippen LogP contribution in [0.25, 0.3) is 0 Å². The molecule has 0 saturated carbocycles. The van der Waals surface area contributed by atoms with Crippen molar-refractivity contribution in [2.24, 2.45) is 0 Å². The quantitative estimate of drug-likeness (QED) is 0.496. The number of amides is 1. The summed E-state index contributed by atoms with van der Waals surface area (Å²) in [6.07, 6.45) is 3.38. The maximum absolute atomic E-state index is 14.5. The minimum Gasteiger partial charge on any atom is -0.346 e. The van der Waals surface area contributed by atoms with E-state index in [1.165, 1.54) is 49.8 Å². The Balaban J connectivity index is 1.49. The average Bonchev–Trinajstić information content (AvgIpc) is 3.31. The van der Waals surface area contributed by atoms with E-state index < -0.39 is 16.0 Å². The summed E-state index contributed by atoms with van der Waals surface area (Å²) in [6, 6.07) is 18.7. The van der Waals surface area contributed by atoms with E-state index in [0.717, 1.165) is 27.0 Å². The molecule has 3 aromatic rings. The number of halogens is 1. The summed E-state index contributed by atoms with van der Waals surface area (Å²) in [6.45, 7) is 1.89. The van der Waals surface area contributed by atoms with Gasteiger partial charge in [0.05, 0.1) is 18.3 Å². The largest absolute Gasteiger partial charge is 0.346 e. The van der Waals surface area contributed by atoms with Crippen molar-refractivity contribution in [1.29, 1.82) is 0 Å². The highest BCUT2D eigenvalue weighted by Gasteiger charge is 2.27. The number of nitrogens with one attached hydrogen (secondary N) is 1. The molecule has 0 fully saturated rings. The minimum atomic E-state index is -3.94. The molecule has 3 aromatic carbocycles. The predicted molar refractivity (Wildman–Crippen MR) is 136 cm³/mol. The Morgan fingerprint density at radius 2 is 1.69 bits per heavy atom. The Morgan fingerprint density at radius 1 is 1.00 bits per heavy atom. The number of carbonyl (C=O) groups excluding carboxylic acids is 1. The highest BCUT2D eigenvalue weighted by molar-refractivity contribution is 7.90. The number of benzene rings is 3. The number of hydrogen-bond acceptors (Lipinski definition) is 3. The predicted octanol–water partition coefficient (Wildman–Crippen LogP) is 4.62. The molecule has 0 bridgehead atoms. The van der Waals surface area contributed by atoms with Crippen LogP contribution in [0.1, 0.15) is 52.0 Å². The van der Waals surface area contributed by atoms with Gasteiger partial charge in [0, 0.05) is 19.7 Å². The van der Waals surface area contributed by atoms with Gasteiger partial charge >= 0.3 is 10.2 Å². The van der Waals surface area contributed by atoms with Crippen LogP contribution in [-0.4, -0.2) is 32.7 Å². The van der Waals surface area contributed by atoms with Gasteiger partial charge in [0.2, 0.25) is 0 Å². The second-order valence-corrected chi connectivity index (χ2v) is 11.1. The van der Waals surface area contributed by atoms with Gasteiger partial charge < -0.3 is 5.32 Å². The number of carbonyl (C=O) groups is 1. The maximum atomic E-state index is 14.5. The van der Waals surface area contributed by atoms with Crippen molar-refractivity contribution < 1.29 is 17.6 Å². The van der Waals surface area contributed by atoms with Crippen LogP contribution < -0.4 is 9.62 Å². The number of nitrogens with zero attached hydrogens (tertiary/aromatic N) is 2. The van der Waals surface area contributed by atoms with Gasteiger partial charge in [-0.2, -0.15) is 12.7 Å². The van der Waals surface area contributed by atoms with E-state index in [1.807, 2.05) is 6.92 Å². The SMILES string of the molecule is C[C@@H](NC(=O)c1ccc(CN(c2ccccc2F)S(=O)(=O)N(C)C)cc1)c1ccc2c(c1)CCC2. The summed E-state index contributed by atoms with van der Waals surface area (Å²) >= 11 is 0. The molecule has 1 amide bonds. The van der Waals surface area contributed by atoms with Gasteiger partial charge in [-0.15, -0.1) is 0 Å². The second-order valence-electron chi connectivity index (χ2n) is 9.02. The van der Waals surface area contributed by atoms with Gasteiger partial charge in [0.25, 0.3) is 5.91 Å². The molecule has 8 heteroatoms. The topological polar surface area (TPSA) is 69.7 Å². The molecule has 0 aliphatic heterocycles. The maximum Gasteiger partial charge on any atom is 0.303 e. The van der Waals surface area contributed by atoms with Crippen molar-refractivity contribution in [2.45, 2.75) is 38.8 Å². The fraction of sp³-hybridized carbons (Fsp3) is 0.296. The minimum absolute atomic E-state index is 0.0359. The number of aryl methyl sites for hydroxylation is 2. The average molecular weight is 496 g/mol. The lowest BCUT2D eigenvalue weighted by atomic mass is 10.0. The van der Waals surface area contributed by atoms with Gasteiger partial charge in [-0.3, -0.25) is 9.10 Å². The summed E-state index contributed by atoms with van der Waals surface area (Å²) in [5.74, 6) is -0.842. The number of rotatable bonds is 8. The van der Waals surface area contributed by atoms with Crippen LogP contribution in [0.5, 0.6) is 0 Å². The molecule has 0 saturated heterocycles. The van der Waals surface area contributed by atoms with Gasteiger partial charge in [-0.05, 0) is 72.7 Å². The van der Waals surface area contributed by atoms with Crippen molar-refractivity contribution in [3.8, 4) is 0 Å². The van der Waals surface area contributed by atoms with Crippen molar-refractivity contribution in [3.63, 3.8) is 0 Å². The van der Waals surface area contributed by atoms with Crippen molar-refractivity contribution >= 4 is 21.8 Å². The standard InChI is InChI=1S/C27H30FN3O3S/c1-19(23-16-15-21-7-6-8-24(21)17-23)29-27(32)22-13-11-20(12-14-22)18-31(35(33,34)30(2)3)26-10-5-4-9-25(26)28/h4-5,9-17,19H,6-8,18H2,1-3H3,(H,29,32)/t19-/m1/s1. The van der Waals surface area contributed by atoms with Crippen LogP contribution in [0.3, 0.4) is 0 Å². The fourth-order valence-electron chi connectivity index (χ4n) is 4.29. The smallest absolute Gasteiger partial charge is 0.303 e. The Labute approximate surface area is 206 Å². The molecule has 0 radical (unpaired) electrons. The van der Waals surface area contributed by atoms with Crippen LogP contribution in [-0.2, 0) is 29.6 Å². The molecule has 35 heavy (non-hydrogen) atoms. The normalized spacial score (nSPS) is 14.0. The van der Waals surface area contributed by atoms with Crippen molar-refractivity contribution in [3.05, 3.63) is 100 Å². The highest BCUT2D eigenvalue weighted by atomic mass is 32.2. The molecule has 1 aliphatic rings. The number of anilines is 1. The molecule has 1 aliphatic carbocycles. The third-order valence-corrected chi connectivity index (χ3v) is 8.18. The zero-order valence-electron chi connectivity index (χ0n) is 20.2. The first-order valence-electron chi connectivity index (χ1n) is 11.6. The van der Waals surface area contributed by atoms with Crippen molar-refractivity contribution in [1.82, 2.24) is 9.62 Å². The molecule has 0 spiro atoms. The first-order chi connectivity index (χ1) is 16.7. The lowest BCUT2D eigenvalue weighted by molar-refractivity contribution is 0.0940. The van der Waals surface area contributed by atoms with E-state index in [4.69, 9.17) is 0 Å². The zero-order valence-corrected chi connectivity index (χ0v) is 21.0. The van der Waals surface area contributed by atoms with Gasteiger partial charge in [-0.25, -0.2) is 4.39 Å². The fourth-order valence-corrected chi connectivity index (χ4v) is 5.40. The number of fused-ring (bicyclic) bond motifs is 1. The van der Waals surface area contributed by atoms with Crippen LogP contribution >= 0.6 is 0 Å². The zero-order chi connectivity index (χ0) is 25.2. The molecule has 0 aromatic heterocycles. The number of para-hydroxylation sites is 1. The summed E-state index contributed by atoms with van der Waals surface area (Å²) < 4.78 is 42.3. The van der Waals surface area contributed by atoms with Crippen LogP contribution in [0.15, 0.2) is 66.7 Å². The van der Waals surface area contributed by atoms with Crippen LogP contribution in [0.4, 0.5) is 10.1 Å². The van der Waals surface area contributed by atoms with E-state index in [1.54, 1.807) is 30.3 Å². The van der Waals surface area contributed by atoms with Crippen LogP contribution in [0, 0.1) is 5.82 Å².